The highest BCUT2D eigenvalue weighted by Gasteiger charge is 2.07. The van der Waals surface area contributed by atoms with Gasteiger partial charge in [-0.05, 0) is 16.3 Å². The Morgan fingerprint density at radius 2 is 1.88 bits per heavy atom. The molecule has 0 aliphatic carbocycles. The summed E-state index contributed by atoms with van der Waals surface area (Å²) in [7, 11) is 0. The van der Waals surface area contributed by atoms with Crippen molar-refractivity contribution in [3.05, 3.63) is 48.0 Å². The molecule has 88 valence electrons. The first kappa shape index (κ1) is 11.8. The van der Waals surface area contributed by atoms with E-state index in [0.29, 0.717) is 0 Å². The lowest BCUT2D eigenvalue weighted by Gasteiger charge is -2.05. The lowest BCUT2D eigenvalue weighted by atomic mass is 10.0. The van der Waals surface area contributed by atoms with Crippen molar-refractivity contribution in [1.29, 1.82) is 0 Å². The molecule has 2 N–H and O–H groups in total. The number of rotatable bonds is 3. The van der Waals surface area contributed by atoms with Crippen molar-refractivity contribution in [2.75, 3.05) is 0 Å². The molecule has 0 radical (unpaired) electrons. The molecule has 17 heavy (non-hydrogen) atoms. The second-order valence-electron chi connectivity index (χ2n) is 3.59. The summed E-state index contributed by atoms with van der Waals surface area (Å²) in [5.74, 6) is -0.470. The lowest BCUT2D eigenvalue weighted by Crippen LogP contribution is -2.26. The summed E-state index contributed by atoms with van der Waals surface area (Å²) >= 11 is -2.30. The van der Waals surface area contributed by atoms with E-state index in [4.69, 9.17) is 4.55 Å². The van der Waals surface area contributed by atoms with E-state index >= 15 is 0 Å². The van der Waals surface area contributed by atoms with Crippen molar-refractivity contribution < 1.29 is 13.6 Å². The average Bonchev–Trinajstić information content (AvgIpc) is 2.28. The Kier molecular flexibility index (Phi) is 3.51. The Hall–Kier alpha value is -1.72. The number of benzene rings is 2. The summed E-state index contributed by atoms with van der Waals surface area (Å²) in [6.45, 7) is 0. The molecule has 0 spiro atoms. The third-order valence-electron chi connectivity index (χ3n) is 2.43. The number of carbonyl (C=O) groups excluding carboxylic acids is 1. The first-order chi connectivity index (χ1) is 8.16. The van der Waals surface area contributed by atoms with Crippen molar-refractivity contribution in [3.63, 3.8) is 0 Å². The van der Waals surface area contributed by atoms with Gasteiger partial charge in [0.1, 0.15) is 0 Å². The molecular weight excluding hydrogens is 238 g/mol. The molecule has 2 aromatic rings. The molecule has 0 aliphatic heterocycles. The number of nitrogens with one attached hydrogen (secondary N) is 1. The summed E-state index contributed by atoms with van der Waals surface area (Å²) in [4.78, 5) is 11.4. The quantitative estimate of drug-likeness (QED) is 0.813. The molecule has 1 amide bonds. The van der Waals surface area contributed by atoms with Crippen LogP contribution in [0.5, 0.6) is 0 Å². The molecule has 0 aromatic heterocycles. The molecule has 0 heterocycles. The van der Waals surface area contributed by atoms with E-state index in [1.54, 1.807) is 0 Å². The largest absolute Gasteiger partial charge is 0.289 e. The minimum absolute atomic E-state index is 0.0909. The second kappa shape index (κ2) is 5.07. The second-order valence-corrected chi connectivity index (χ2v) is 4.29. The SMILES string of the molecule is O=C(Cc1cccc2ccccc12)NS(=O)O. The molecule has 4 nitrogen and oxygen atoms in total. The van der Waals surface area contributed by atoms with Crippen LogP contribution >= 0.6 is 0 Å². The first-order valence-electron chi connectivity index (χ1n) is 5.04. The van der Waals surface area contributed by atoms with Gasteiger partial charge in [0.2, 0.25) is 5.91 Å². The molecule has 0 fully saturated rings. The van der Waals surface area contributed by atoms with Crippen LogP contribution in [0.2, 0.25) is 0 Å². The van der Waals surface area contributed by atoms with Gasteiger partial charge in [-0.3, -0.25) is 14.1 Å². The van der Waals surface area contributed by atoms with Gasteiger partial charge in [0.25, 0.3) is 11.3 Å². The molecule has 0 aliphatic rings. The summed E-state index contributed by atoms with van der Waals surface area (Å²) in [5, 5.41) is 2.02. The molecule has 0 saturated carbocycles. The zero-order valence-corrected chi connectivity index (χ0v) is 9.74. The summed E-state index contributed by atoms with van der Waals surface area (Å²) < 4.78 is 20.9. The van der Waals surface area contributed by atoms with Crippen LogP contribution < -0.4 is 4.72 Å². The fraction of sp³-hybridized carbons (Fsp3) is 0.0833. The van der Waals surface area contributed by atoms with Crippen molar-refractivity contribution in [2.24, 2.45) is 0 Å². The van der Waals surface area contributed by atoms with Crippen LogP contribution in [0.1, 0.15) is 5.56 Å². The third kappa shape index (κ3) is 2.89. The van der Waals surface area contributed by atoms with Crippen molar-refractivity contribution >= 4 is 27.9 Å². The maximum absolute atomic E-state index is 11.4. The van der Waals surface area contributed by atoms with Gasteiger partial charge in [0, 0.05) is 0 Å². The number of amides is 1. The standard InChI is InChI=1S/C12H11NO3S/c14-12(13-17(15)16)8-10-6-3-5-9-4-1-2-7-11(9)10/h1-7H,8H2,(H,13,14)(H,15,16). The van der Waals surface area contributed by atoms with Crippen molar-refractivity contribution in [3.8, 4) is 0 Å². The average molecular weight is 249 g/mol. The minimum atomic E-state index is -2.30. The van der Waals surface area contributed by atoms with Gasteiger partial charge in [-0.25, -0.2) is 4.21 Å². The predicted octanol–water partition coefficient (Wildman–Crippen LogP) is 1.64. The number of carbonyl (C=O) groups is 1. The van der Waals surface area contributed by atoms with E-state index in [2.05, 4.69) is 0 Å². The molecule has 5 heteroatoms. The summed E-state index contributed by atoms with van der Waals surface area (Å²) in [6.07, 6.45) is 0.0909. The normalized spacial score (nSPS) is 12.3. The van der Waals surface area contributed by atoms with Crippen LogP contribution in [0.15, 0.2) is 42.5 Å². The molecule has 2 rings (SSSR count). The Morgan fingerprint density at radius 1 is 1.18 bits per heavy atom. The monoisotopic (exact) mass is 249 g/mol. The lowest BCUT2D eigenvalue weighted by molar-refractivity contribution is -0.118. The maximum Gasteiger partial charge on any atom is 0.261 e. The van der Waals surface area contributed by atoms with Crippen LogP contribution in [-0.2, 0) is 22.5 Å². The van der Waals surface area contributed by atoms with E-state index in [9.17, 15) is 9.00 Å². The first-order valence-corrected chi connectivity index (χ1v) is 6.14. The highest BCUT2D eigenvalue weighted by molar-refractivity contribution is 7.77. The Balaban J connectivity index is 2.30. The number of hydrogen-bond donors (Lipinski definition) is 2. The van der Waals surface area contributed by atoms with Crippen LogP contribution in [0.25, 0.3) is 10.8 Å². The van der Waals surface area contributed by atoms with Crippen molar-refractivity contribution in [2.45, 2.75) is 6.42 Å². The molecule has 1 unspecified atom stereocenters. The fourth-order valence-corrected chi connectivity index (χ4v) is 2.02. The summed E-state index contributed by atoms with van der Waals surface area (Å²) in [6, 6.07) is 13.4. The van der Waals surface area contributed by atoms with Gasteiger partial charge >= 0.3 is 0 Å². The van der Waals surface area contributed by atoms with Crippen LogP contribution in [-0.4, -0.2) is 14.7 Å². The van der Waals surface area contributed by atoms with Gasteiger partial charge in [-0.1, -0.05) is 42.5 Å². The van der Waals surface area contributed by atoms with Gasteiger partial charge in [-0.2, -0.15) is 0 Å². The topological polar surface area (TPSA) is 66.4 Å². The third-order valence-corrected chi connectivity index (χ3v) is 2.83. The molecule has 2 aromatic carbocycles. The summed E-state index contributed by atoms with van der Waals surface area (Å²) in [5.41, 5.74) is 0.839. The van der Waals surface area contributed by atoms with Crippen LogP contribution in [0, 0.1) is 0 Å². The van der Waals surface area contributed by atoms with Crippen molar-refractivity contribution in [1.82, 2.24) is 4.72 Å². The molecule has 0 bridgehead atoms. The van der Waals surface area contributed by atoms with E-state index in [0.717, 1.165) is 16.3 Å². The predicted molar refractivity (Wildman–Crippen MR) is 66.6 cm³/mol. The van der Waals surface area contributed by atoms with Gasteiger partial charge in [0.05, 0.1) is 6.42 Å². The van der Waals surface area contributed by atoms with E-state index in [1.807, 2.05) is 47.2 Å². The number of hydrogen-bond acceptors (Lipinski definition) is 2. The Labute approximate surface area is 101 Å². The molecule has 0 saturated heterocycles. The van der Waals surface area contributed by atoms with E-state index in [-0.39, 0.29) is 6.42 Å². The molecule has 1 atom stereocenters. The van der Waals surface area contributed by atoms with E-state index in [1.165, 1.54) is 0 Å². The highest BCUT2D eigenvalue weighted by atomic mass is 32.2. The zero-order valence-electron chi connectivity index (χ0n) is 8.92. The Bertz CT molecular complexity index is 577. The zero-order chi connectivity index (χ0) is 12.3. The van der Waals surface area contributed by atoms with Gasteiger partial charge in [0.15, 0.2) is 0 Å². The maximum atomic E-state index is 11.4. The Morgan fingerprint density at radius 3 is 2.65 bits per heavy atom. The van der Waals surface area contributed by atoms with Crippen LogP contribution in [0.3, 0.4) is 0 Å². The highest BCUT2D eigenvalue weighted by Crippen LogP contribution is 2.18. The van der Waals surface area contributed by atoms with Gasteiger partial charge < -0.3 is 0 Å². The fourth-order valence-electron chi connectivity index (χ4n) is 1.75. The minimum Gasteiger partial charge on any atom is -0.289 e. The van der Waals surface area contributed by atoms with Crippen LogP contribution in [0.4, 0.5) is 0 Å². The van der Waals surface area contributed by atoms with E-state index < -0.39 is 17.2 Å². The number of fused-ring (bicyclic) bond motifs is 1. The van der Waals surface area contributed by atoms with Gasteiger partial charge in [-0.15, -0.1) is 0 Å². The smallest absolute Gasteiger partial charge is 0.261 e. The molecular formula is C12H11NO3S.